The molecule has 3 unspecified atom stereocenters. The fourth-order valence-corrected chi connectivity index (χ4v) is 3.54. The van der Waals surface area contributed by atoms with Crippen molar-refractivity contribution in [1.29, 1.82) is 0 Å². The maximum atomic E-state index is 6.38. The Morgan fingerprint density at radius 1 is 1.44 bits per heavy atom. The third-order valence-electron chi connectivity index (χ3n) is 4.11. The highest BCUT2D eigenvalue weighted by Crippen LogP contribution is 2.41. The number of nitrogens with two attached hydrogens (primary N) is 1. The molecule has 0 aromatic carbocycles. The van der Waals surface area contributed by atoms with E-state index in [4.69, 9.17) is 19.6 Å². The fourth-order valence-electron chi connectivity index (χ4n) is 3.03. The Labute approximate surface area is 115 Å². The summed E-state index contributed by atoms with van der Waals surface area (Å²) in [7, 11) is 0. The monoisotopic (exact) mass is 315 g/mol. The van der Waals surface area contributed by atoms with Crippen LogP contribution in [0.3, 0.4) is 0 Å². The van der Waals surface area contributed by atoms with Gasteiger partial charge in [0.2, 0.25) is 0 Å². The van der Waals surface area contributed by atoms with Crippen molar-refractivity contribution >= 4 is 15.9 Å². The Morgan fingerprint density at radius 3 is 3.00 bits per heavy atom. The Balaban J connectivity index is 1.74. The molecule has 3 atom stereocenters. The van der Waals surface area contributed by atoms with Gasteiger partial charge in [-0.25, -0.2) is 0 Å². The number of hydrogen-bond donors (Lipinski definition) is 1. The first kappa shape index (κ1) is 12.7. The van der Waals surface area contributed by atoms with Crippen LogP contribution in [0.1, 0.15) is 30.9 Å². The molecule has 1 aromatic rings. The molecule has 2 aliphatic rings. The minimum absolute atomic E-state index is 0.000463. The molecule has 3 rings (SSSR count). The minimum atomic E-state index is -0.0866. The molecule has 5 heteroatoms. The van der Waals surface area contributed by atoms with E-state index in [2.05, 4.69) is 15.9 Å². The van der Waals surface area contributed by atoms with Gasteiger partial charge in [0.25, 0.3) is 0 Å². The summed E-state index contributed by atoms with van der Waals surface area (Å²) >= 11 is 3.41. The highest BCUT2D eigenvalue weighted by Gasteiger charge is 2.42. The molecule has 2 N–H and O–H groups in total. The second-order valence-corrected chi connectivity index (χ2v) is 5.98. The Hall–Kier alpha value is -0.360. The van der Waals surface area contributed by atoms with Crippen LogP contribution < -0.4 is 5.73 Å². The van der Waals surface area contributed by atoms with Crippen LogP contribution >= 0.6 is 15.9 Å². The molecule has 1 spiro atoms. The molecule has 18 heavy (non-hydrogen) atoms. The molecule has 0 bridgehead atoms. The molecule has 0 saturated carbocycles. The van der Waals surface area contributed by atoms with Crippen LogP contribution in [0, 0.1) is 5.92 Å². The lowest BCUT2D eigenvalue weighted by molar-refractivity contribution is -0.101. The fraction of sp³-hybridized carbons (Fsp3) is 0.692. The lowest BCUT2D eigenvalue weighted by Crippen LogP contribution is -2.43. The lowest BCUT2D eigenvalue weighted by atomic mass is 9.80. The number of halogens is 1. The summed E-state index contributed by atoms with van der Waals surface area (Å²) in [5.74, 6) is 0.425. The van der Waals surface area contributed by atoms with Crippen molar-refractivity contribution in [2.24, 2.45) is 11.7 Å². The molecule has 2 aliphatic heterocycles. The quantitative estimate of drug-likeness (QED) is 0.911. The van der Waals surface area contributed by atoms with Gasteiger partial charge in [-0.3, -0.25) is 0 Å². The lowest BCUT2D eigenvalue weighted by Gasteiger charge is -2.39. The molecule has 1 aromatic heterocycles. The molecule has 4 nitrogen and oxygen atoms in total. The molecular formula is C13H18BrNO3. The summed E-state index contributed by atoms with van der Waals surface area (Å²) in [6, 6.07) is 1.95. The van der Waals surface area contributed by atoms with Gasteiger partial charge in [-0.1, -0.05) is 0 Å². The summed E-state index contributed by atoms with van der Waals surface area (Å²) in [4.78, 5) is 0. The van der Waals surface area contributed by atoms with Crippen LogP contribution in [0.25, 0.3) is 0 Å². The van der Waals surface area contributed by atoms with Gasteiger partial charge in [-0.05, 0) is 40.8 Å². The Morgan fingerprint density at radius 2 is 2.33 bits per heavy atom. The summed E-state index contributed by atoms with van der Waals surface area (Å²) < 4.78 is 17.4. The third-order valence-corrected chi connectivity index (χ3v) is 4.76. The molecule has 3 heterocycles. The summed E-state index contributed by atoms with van der Waals surface area (Å²) in [6.07, 6.45) is 4.64. The van der Waals surface area contributed by atoms with E-state index in [9.17, 15) is 0 Å². The predicted molar refractivity (Wildman–Crippen MR) is 70.2 cm³/mol. The van der Waals surface area contributed by atoms with Crippen LogP contribution in [0.15, 0.2) is 21.4 Å². The molecule has 2 fully saturated rings. The van der Waals surface area contributed by atoms with E-state index in [-0.39, 0.29) is 11.6 Å². The minimum Gasteiger partial charge on any atom is -0.457 e. The first-order valence-corrected chi connectivity index (χ1v) is 7.20. The largest absolute Gasteiger partial charge is 0.457 e. The Bertz CT molecular complexity index is 414. The zero-order chi connectivity index (χ0) is 12.6. The van der Waals surface area contributed by atoms with Crippen LogP contribution in [0.4, 0.5) is 0 Å². The van der Waals surface area contributed by atoms with Crippen molar-refractivity contribution in [3.63, 3.8) is 0 Å². The summed E-state index contributed by atoms with van der Waals surface area (Å²) in [5.41, 5.74) is 7.34. The number of hydrogen-bond acceptors (Lipinski definition) is 4. The normalized spacial score (nSPS) is 34.0. The molecule has 100 valence electrons. The van der Waals surface area contributed by atoms with Crippen molar-refractivity contribution in [1.82, 2.24) is 0 Å². The van der Waals surface area contributed by atoms with E-state index in [0.717, 1.165) is 42.7 Å². The van der Waals surface area contributed by atoms with E-state index >= 15 is 0 Å². The van der Waals surface area contributed by atoms with Crippen LogP contribution in [-0.2, 0) is 9.47 Å². The SMILES string of the molecule is NC(c1ccoc1Br)C1CCOC2(CCOC2)C1. The van der Waals surface area contributed by atoms with Gasteiger partial charge in [0, 0.05) is 31.2 Å². The van der Waals surface area contributed by atoms with Crippen LogP contribution in [0.5, 0.6) is 0 Å². The average Bonchev–Trinajstić information content (AvgIpc) is 2.98. The maximum absolute atomic E-state index is 6.38. The highest BCUT2D eigenvalue weighted by atomic mass is 79.9. The van der Waals surface area contributed by atoms with Gasteiger partial charge in [-0.15, -0.1) is 0 Å². The molecule has 0 aliphatic carbocycles. The van der Waals surface area contributed by atoms with E-state index in [1.165, 1.54) is 0 Å². The second-order valence-electron chi connectivity index (χ2n) is 5.26. The standard InChI is InChI=1S/C13H18BrNO3/c14-12-10(2-4-17-12)11(15)9-1-5-18-13(7-9)3-6-16-8-13/h2,4,9,11H,1,3,5-8,15H2. The summed E-state index contributed by atoms with van der Waals surface area (Å²) in [6.45, 7) is 2.29. The predicted octanol–water partition coefficient (Wildman–Crippen LogP) is 2.63. The smallest absolute Gasteiger partial charge is 0.173 e. The molecule has 2 saturated heterocycles. The maximum Gasteiger partial charge on any atom is 0.173 e. The molecular weight excluding hydrogens is 298 g/mol. The van der Waals surface area contributed by atoms with Crippen LogP contribution in [0.2, 0.25) is 0 Å². The van der Waals surface area contributed by atoms with E-state index < -0.39 is 0 Å². The highest BCUT2D eigenvalue weighted by molar-refractivity contribution is 9.10. The van der Waals surface area contributed by atoms with Crippen LogP contribution in [-0.4, -0.2) is 25.4 Å². The average molecular weight is 316 g/mol. The molecule has 0 radical (unpaired) electrons. The van der Waals surface area contributed by atoms with E-state index in [1.807, 2.05) is 6.07 Å². The van der Waals surface area contributed by atoms with Gasteiger partial charge in [0.15, 0.2) is 4.67 Å². The van der Waals surface area contributed by atoms with Crippen molar-refractivity contribution in [2.75, 3.05) is 19.8 Å². The topological polar surface area (TPSA) is 57.6 Å². The second kappa shape index (κ2) is 4.96. The van der Waals surface area contributed by atoms with E-state index in [1.54, 1.807) is 6.26 Å². The van der Waals surface area contributed by atoms with Gasteiger partial charge in [-0.2, -0.15) is 0 Å². The van der Waals surface area contributed by atoms with Crippen molar-refractivity contribution < 1.29 is 13.9 Å². The number of furan rings is 1. The number of ether oxygens (including phenoxy) is 2. The Kier molecular flexibility index (Phi) is 3.49. The van der Waals surface area contributed by atoms with Gasteiger partial charge in [0.1, 0.15) is 0 Å². The molecule has 0 amide bonds. The van der Waals surface area contributed by atoms with Gasteiger partial charge >= 0.3 is 0 Å². The zero-order valence-corrected chi connectivity index (χ0v) is 11.8. The summed E-state index contributed by atoms with van der Waals surface area (Å²) in [5, 5.41) is 0. The van der Waals surface area contributed by atoms with Gasteiger partial charge in [0.05, 0.1) is 18.5 Å². The number of rotatable bonds is 2. The van der Waals surface area contributed by atoms with E-state index in [0.29, 0.717) is 12.5 Å². The van der Waals surface area contributed by atoms with Crippen molar-refractivity contribution in [2.45, 2.75) is 30.9 Å². The van der Waals surface area contributed by atoms with Crippen molar-refractivity contribution in [3.8, 4) is 0 Å². The van der Waals surface area contributed by atoms with Crippen molar-refractivity contribution in [3.05, 3.63) is 22.6 Å². The first-order valence-electron chi connectivity index (χ1n) is 6.40. The first-order chi connectivity index (χ1) is 8.70. The zero-order valence-electron chi connectivity index (χ0n) is 10.2. The third kappa shape index (κ3) is 2.25. The van der Waals surface area contributed by atoms with Gasteiger partial charge < -0.3 is 19.6 Å².